The van der Waals surface area contributed by atoms with E-state index in [2.05, 4.69) is 102 Å². The van der Waals surface area contributed by atoms with E-state index >= 15 is 4.79 Å². The maximum Gasteiger partial charge on any atom is 0.166 e. The number of hydrogen-bond acceptors (Lipinski definition) is 2. The van der Waals surface area contributed by atoms with Gasteiger partial charge in [0.2, 0.25) is 0 Å². The van der Waals surface area contributed by atoms with E-state index in [0.717, 1.165) is 27.5 Å². The molecule has 188 valence electrons. The lowest BCUT2D eigenvalue weighted by Gasteiger charge is -2.45. The van der Waals surface area contributed by atoms with Gasteiger partial charge in [-0.3, -0.25) is 4.79 Å². The van der Waals surface area contributed by atoms with Crippen LogP contribution in [0.5, 0.6) is 0 Å². The monoisotopic (exact) mass is 496 g/mol. The highest BCUT2D eigenvalue weighted by Gasteiger charge is 2.62. The number of methoxy groups -OCH3 is 1. The summed E-state index contributed by atoms with van der Waals surface area (Å²) in [5.41, 5.74) is 4.49. The van der Waals surface area contributed by atoms with Crippen LogP contribution in [0.4, 0.5) is 0 Å². The van der Waals surface area contributed by atoms with Gasteiger partial charge in [0.05, 0.1) is 14.0 Å². The highest BCUT2D eigenvalue weighted by Crippen LogP contribution is 2.62. The van der Waals surface area contributed by atoms with Crippen LogP contribution >= 0.6 is 0 Å². The van der Waals surface area contributed by atoms with Gasteiger partial charge < -0.3 is 4.74 Å². The molecule has 3 aromatic carbocycles. The quantitative estimate of drug-likeness (QED) is 0.292. The van der Waals surface area contributed by atoms with Crippen molar-refractivity contribution in [1.82, 2.24) is 0 Å². The fourth-order valence-electron chi connectivity index (χ4n) is 7.41. The first-order chi connectivity index (χ1) is 17.2. The maximum absolute atomic E-state index is 15.1. The van der Waals surface area contributed by atoms with Crippen LogP contribution < -0.4 is 0 Å². The van der Waals surface area contributed by atoms with Crippen LogP contribution in [0.1, 0.15) is 64.2 Å². The second-order valence-corrected chi connectivity index (χ2v) is 16.9. The predicted molar refractivity (Wildman–Crippen MR) is 154 cm³/mol. The van der Waals surface area contributed by atoms with Crippen molar-refractivity contribution in [1.29, 1.82) is 0 Å². The number of carbonyl (C=O) groups is 1. The van der Waals surface area contributed by atoms with Crippen molar-refractivity contribution >= 4 is 19.4 Å². The molecule has 0 N–H and O–H groups in total. The van der Waals surface area contributed by atoms with E-state index in [1.54, 1.807) is 7.11 Å². The van der Waals surface area contributed by atoms with Crippen molar-refractivity contribution in [2.24, 2.45) is 0 Å². The van der Waals surface area contributed by atoms with E-state index in [4.69, 9.17) is 4.74 Å². The fraction of sp³-hybridized carbons (Fsp3) is 0.364. The average molecular weight is 497 g/mol. The van der Waals surface area contributed by atoms with E-state index in [1.807, 2.05) is 30.3 Å². The molecule has 36 heavy (non-hydrogen) atoms. The minimum atomic E-state index is -2.37. The number of Topliss-reactive ketones (excluding diaryl/α,β-unsaturated/α-hetero) is 1. The molecule has 3 heteroatoms. The molecule has 0 heterocycles. The molecule has 2 atom stereocenters. The smallest absolute Gasteiger partial charge is 0.166 e. The Kier molecular flexibility index (Phi) is 7.54. The topological polar surface area (TPSA) is 26.3 Å². The number of ketones is 1. The normalized spacial score (nSPS) is 20.7. The van der Waals surface area contributed by atoms with Crippen molar-refractivity contribution < 1.29 is 9.53 Å². The predicted octanol–water partition coefficient (Wildman–Crippen LogP) is 8.57. The van der Waals surface area contributed by atoms with Gasteiger partial charge in [0.15, 0.2) is 5.78 Å². The molecule has 0 saturated heterocycles. The van der Waals surface area contributed by atoms with Crippen molar-refractivity contribution in [3.8, 4) is 0 Å². The van der Waals surface area contributed by atoms with Gasteiger partial charge in [0.25, 0.3) is 0 Å². The largest absolute Gasteiger partial charge is 0.368 e. The Hall–Kier alpha value is -2.75. The second-order valence-electron chi connectivity index (χ2n) is 11.0. The van der Waals surface area contributed by atoms with Gasteiger partial charge in [0, 0.05) is 7.11 Å². The van der Waals surface area contributed by atoms with Crippen LogP contribution in [0, 0.1) is 0 Å². The van der Waals surface area contributed by atoms with E-state index in [9.17, 15) is 0 Å². The Labute approximate surface area is 218 Å². The van der Waals surface area contributed by atoms with Crippen LogP contribution in [0.15, 0.2) is 96.2 Å². The van der Waals surface area contributed by atoms with Gasteiger partial charge in [-0.2, -0.15) is 0 Å². The van der Waals surface area contributed by atoms with E-state index < -0.39 is 19.6 Å². The summed E-state index contributed by atoms with van der Waals surface area (Å²) in [6.45, 7) is 14.0. The van der Waals surface area contributed by atoms with Crippen LogP contribution in [0.25, 0.3) is 5.57 Å². The molecule has 1 aliphatic rings. The first-order valence-corrected chi connectivity index (χ1v) is 15.5. The van der Waals surface area contributed by atoms with E-state index in [-0.39, 0.29) is 5.78 Å². The SMILES string of the molecule is CO[C@]1(c2ccccc2)C(c2ccccc2)=C([Si](C(C)C)(C(C)C)C(C)C)C(=O)[C@H]1c1ccccc1. The summed E-state index contributed by atoms with van der Waals surface area (Å²) in [6.07, 6.45) is 0. The molecule has 4 rings (SSSR count). The van der Waals surface area contributed by atoms with Gasteiger partial charge in [-0.15, -0.1) is 0 Å². The molecular formula is C33H40O2Si. The van der Waals surface area contributed by atoms with Crippen molar-refractivity contribution in [2.45, 2.75) is 69.7 Å². The minimum absolute atomic E-state index is 0.244. The molecule has 0 saturated carbocycles. The summed E-state index contributed by atoms with van der Waals surface area (Å²) in [5.74, 6) is -0.201. The first kappa shape index (κ1) is 26.3. The number of hydrogen-bond donors (Lipinski definition) is 0. The number of benzene rings is 3. The Morgan fingerprint density at radius 3 is 1.58 bits per heavy atom. The molecule has 0 aromatic heterocycles. The molecule has 3 aromatic rings. The van der Waals surface area contributed by atoms with Crippen LogP contribution in [0.3, 0.4) is 0 Å². The molecule has 0 aliphatic heterocycles. The van der Waals surface area contributed by atoms with Gasteiger partial charge in [-0.05, 0) is 44.1 Å². The van der Waals surface area contributed by atoms with Gasteiger partial charge in [-0.1, -0.05) is 133 Å². The van der Waals surface area contributed by atoms with Gasteiger partial charge >= 0.3 is 0 Å². The summed E-state index contributed by atoms with van der Waals surface area (Å²) in [5, 5.41) is 1.08. The van der Waals surface area contributed by atoms with Crippen molar-refractivity contribution in [3.05, 3.63) is 113 Å². The zero-order valence-electron chi connectivity index (χ0n) is 22.8. The summed E-state index contributed by atoms with van der Waals surface area (Å²) >= 11 is 0. The zero-order valence-corrected chi connectivity index (χ0v) is 23.8. The number of allylic oxidation sites excluding steroid dienone is 1. The number of rotatable bonds is 8. The Bertz CT molecular complexity index is 1190. The molecule has 0 fully saturated rings. The van der Waals surface area contributed by atoms with E-state index in [0.29, 0.717) is 16.6 Å². The second kappa shape index (κ2) is 10.3. The van der Waals surface area contributed by atoms with E-state index in [1.165, 1.54) is 0 Å². The zero-order chi connectivity index (χ0) is 26.1. The molecule has 0 amide bonds. The first-order valence-electron chi connectivity index (χ1n) is 13.2. The molecular weight excluding hydrogens is 456 g/mol. The van der Waals surface area contributed by atoms with Crippen LogP contribution in [-0.2, 0) is 15.1 Å². The lowest BCUT2D eigenvalue weighted by Crippen LogP contribution is -2.49. The number of ether oxygens (including phenoxy) is 1. The minimum Gasteiger partial charge on any atom is -0.368 e. The molecule has 0 bridgehead atoms. The molecule has 0 spiro atoms. The third-order valence-corrected chi connectivity index (χ3v) is 15.7. The third-order valence-electron chi connectivity index (χ3n) is 8.56. The molecule has 2 nitrogen and oxygen atoms in total. The maximum atomic E-state index is 15.1. The Morgan fingerprint density at radius 1 is 0.694 bits per heavy atom. The average Bonchev–Trinajstić information content (AvgIpc) is 3.14. The summed E-state index contributed by atoms with van der Waals surface area (Å²) < 4.78 is 6.70. The van der Waals surface area contributed by atoms with Crippen molar-refractivity contribution in [2.75, 3.05) is 7.11 Å². The van der Waals surface area contributed by atoms with Crippen molar-refractivity contribution in [3.63, 3.8) is 0 Å². The lowest BCUT2D eigenvalue weighted by atomic mass is 9.74. The number of carbonyl (C=O) groups excluding carboxylic acids is 1. The summed E-state index contributed by atoms with van der Waals surface area (Å²) in [7, 11) is -0.583. The Morgan fingerprint density at radius 2 is 1.14 bits per heavy atom. The van der Waals surface area contributed by atoms with Crippen LogP contribution in [-0.4, -0.2) is 21.0 Å². The lowest BCUT2D eigenvalue weighted by molar-refractivity contribution is -0.120. The fourth-order valence-corrected chi connectivity index (χ4v) is 14.5. The Balaban J connectivity index is 2.24. The third kappa shape index (κ3) is 3.84. The van der Waals surface area contributed by atoms with Crippen LogP contribution in [0.2, 0.25) is 16.6 Å². The van der Waals surface area contributed by atoms with Gasteiger partial charge in [0.1, 0.15) is 5.60 Å². The summed E-state index contributed by atoms with van der Waals surface area (Å²) in [6, 6.07) is 31.2. The highest BCUT2D eigenvalue weighted by molar-refractivity contribution is 6.94. The standard InChI is InChI=1S/C33H40O2Si/c1-23(2)36(24(3)4,25(5)6)32-30(27-19-13-9-14-20-27)33(35-7,28-21-15-10-16-22-28)29(31(32)34)26-17-11-8-12-18-26/h8-25,29H,1-7H3/t29-,33+/m1/s1. The molecule has 0 unspecified atom stereocenters. The molecule has 1 aliphatic carbocycles. The molecule has 0 radical (unpaired) electrons. The highest BCUT2D eigenvalue weighted by atomic mass is 28.3. The summed E-state index contributed by atoms with van der Waals surface area (Å²) in [4.78, 5) is 15.1. The van der Waals surface area contributed by atoms with Gasteiger partial charge in [-0.25, -0.2) is 0 Å².